The maximum absolute atomic E-state index is 13.8. The van der Waals surface area contributed by atoms with Crippen molar-refractivity contribution >= 4 is 5.91 Å². The highest BCUT2D eigenvalue weighted by Gasteiger charge is 2.34. The molecular weight excluding hydrogens is 419 g/mol. The van der Waals surface area contributed by atoms with Gasteiger partial charge in [0.05, 0.1) is 30.6 Å². The van der Waals surface area contributed by atoms with Gasteiger partial charge in [-0.05, 0) is 55.2 Å². The maximum Gasteiger partial charge on any atom is 0.254 e. The molecule has 1 atom stereocenters. The van der Waals surface area contributed by atoms with Gasteiger partial charge in [0.2, 0.25) is 0 Å². The van der Waals surface area contributed by atoms with Crippen LogP contribution in [-0.2, 0) is 31.2 Å². The lowest BCUT2D eigenvalue weighted by molar-refractivity contribution is 0.0672. The predicted molar refractivity (Wildman–Crippen MR) is 111 cm³/mol. The molecule has 1 aromatic heterocycles. The number of benzene rings is 2. The van der Waals surface area contributed by atoms with Gasteiger partial charge in [-0.25, -0.2) is 13.2 Å². The molecule has 166 valence electrons. The van der Waals surface area contributed by atoms with Crippen LogP contribution in [0.25, 0.3) is 11.3 Å². The number of hydrogen-bond donors (Lipinski definition) is 0. The molecule has 0 saturated heterocycles. The lowest BCUT2D eigenvalue weighted by Gasteiger charge is -2.33. The lowest BCUT2D eigenvalue weighted by Crippen LogP contribution is -2.39. The van der Waals surface area contributed by atoms with Crippen molar-refractivity contribution in [3.8, 4) is 11.3 Å². The van der Waals surface area contributed by atoms with Crippen molar-refractivity contribution in [3.05, 3.63) is 75.7 Å². The van der Waals surface area contributed by atoms with E-state index in [0.29, 0.717) is 43.1 Å². The SMILES string of the molecule is C[C@H]1c2nn(C)c(-c3cc(F)c(F)c(F)c3)c2CCN1C(=O)c1ccc2c(c1)CCOC2. The molecule has 8 heteroatoms. The van der Waals surface area contributed by atoms with Gasteiger partial charge < -0.3 is 9.64 Å². The van der Waals surface area contributed by atoms with Crippen LogP contribution >= 0.6 is 0 Å². The largest absolute Gasteiger partial charge is 0.376 e. The zero-order chi connectivity index (χ0) is 22.6. The summed E-state index contributed by atoms with van der Waals surface area (Å²) in [4.78, 5) is 15.1. The Labute approximate surface area is 183 Å². The minimum atomic E-state index is -1.49. The molecule has 3 aromatic rings. The summed E-state index contributed by atoms with van der Waals surface area (Å²) < 4.78 is 48.1. The highest BCUT2D eigenvalue weighted by molar-refractivity contribution is 5.95. The normalized spacial score (nSPS) is 17.8. The van der Waals surface area contributed by atoms with Gasteiger partial charge in [0.25, 0.3) is 5.91 Å². The van der Waals surface area contributed by atoms with E-state index in [4.69, 9.17) is 4.74 Å². The highest BCUT2D eigenvalue weighted by atomic mass is 19.2. The number of ether oxygens (including phenoxy) is 1. The first-order chi connectivity index (χ1) is 15.3. The average molecular weight is 441 g/mol. The molecule has 3 heterocycles. The summed E-state index contributed by atoms with van der Waals surface area (Å²) >= 11 is 0. The zero-order valence-corrected chi connectivity index (χ0v) is 17.8. The van der Waals surface area contributed by atoms with Crippen molar-refractivity contribution in [2.75, 3.05) is 13.2 Å². The predicted octanol–water partition coefficient (Wildman–Crippen LogP) is 4.34. The van der Waals surface area contributed by atoms with E-state index in [9.17, 15) is 18.0 Å². The molecule has 2 aliphatic rings. The van der Waals surface area contributed by atoms with Crippen LogP contribution in [0.3, 0.4) is 0 Å². The number of nitrogens with zero attached hydrogens (tertiary/aromatic N) is 3. The summed E-state index contributed by atoms with van der Waals surface area (Å²) in [6, 6.07) is 7.35. The number of amides is 1. The van der Waals surface area contributed by atoms with Crippen LogP contribution < -0.4 is 0 Å². The smallest absolute Gasteiger partial charge is 0.254 e. The van der Waals surface area contributed by atoms with Crippen molar-refractivity contribution in [3.63, 3.8) is 0 Å². The quantitative estimate of drug-likeness (QED) is 0.556. The molecule has 2 aromatic carbocycles. The van der Waals surface area contributed by atoms with Crippen LogP contribution in [0.2, 0.25) is 0 Å². The van der Waals surface area contributed by atoms with Crippen molar-refractivity contribution in [2.45, 2.75) is 32.4 Å². The van der Waals surface area contributed by atoms with Crippen LogP contribution in [0.5, 0.6) is 0 Å². The minimum absolute atomic E-state index is 0.0801. The molecule has 2 aliphatic heterocycles. The fourth-order valence-corrected chi connectivity index (χ4v) is 4.74. The number of rotatable bonds is 2. The number of hydrogen-bond acceptors (Lipinski definition) is 3. The monoisotopic (exact) mass is 441 g/mol. The first kappa shape index (κ1) is 20.8. The standard InChI is InChI=1S/C24H22F3N3O2/c1-13-22-18(23(29(2)28-22)17-10-19(25)21(27)20(26)11-17)5-7-30(13)24(31)15-3-4-16-12-32-8-6-14(16)9-15/h3-4,9-11,13H,5-8,12H2,1-2H3/t13-/m0/s1. The van der Waals surface area contributed by atoms with Gasteiger partial charge in [0.15, 0.2) is 17.5 Å². The fourth-order valence-electron chi connectivity index (χ4n) is 4.74. The van der Waals surface area contributed by atoms with Crippen molar-refractivity contribution in [1.82, 2.24) is 14.7 Å². The van der Waals surface area contributed by atoms with Gasteiger partial charge in [0.1, 0.15) is 0 Å². The Balaban J connectivity index is 1.48. The van der Waals surface area contributed by atoms with Crippen molar-refractivity contribution in [1.29, 1.82) is 0 Å². The number of halogens is 3. The summed E-state index contributed by atoms with van der Waals surface area (Å²) in [7, 11) is 1.68. The van der Waals surface area contributed by atoms with E-state index in [-0.39, 0.29) is 17.5 Å². The van der Waals surface area contributed by atoms with Crippen molar-refractivity contribution < 1.29 is 22.7 Å². The third-order valence-corrected chi connectivity index (χ3v) is 6.39. The number of carbonyl (C=O) groups is 1. The molecule has 0 N–H and O–H groups in total. The van der Waals surface area contributed by atoms with Crippen LogP contribution in [0.4, 0.5) is 13.2 Å². The second-order valence-corrected chi connectivity index (χ2v) is 8.30. The molecule has 0 radical (unpaired) electrons. The number of fused-ring (bicyclic) bond motifs is 2. The van der Waals surface area contributed by atoms with Crippen LogP contribution in [0.15, 0.2) is 30.3 Å². The molecular formula is C24H22F3N3O2. The van der Waals surface area contributed by atoms with E-state index in [0.717, 1.165) is 35.2 Å². The van der Waals surface area contributed by atoms with Gasteiger partial charge in [0, 0.05) is 30.3 Å². The number of aryl methyl sites for hydroxylation is 1. The fraction of sp³-hybridized carbons (Fsp3) is 0.333. The summed E-state index contributed by atoms with van der Waals surface area (Å²) in [5.41, 5.74) is 5.12. The molecule has 0 fully saturated rings. The molecule has 32 heavy (non-hydrogen) atoms. The van der Waals surface area contributed by atoms with Gasteiger partial charge in [-0.1, -0.05) is 6.07 Å². The van der Waals surface area contributed by atoms with Gasteiger partial charge >= 0.3 is 0 Å². The minimum Gasteiger partial charge on any atom is -0.376 e. The molecule has 0 aliphatic carbocycles. The molecule has 1 amide bonds. The lowest BCUT2D eigenvalue weighted by atomic mass is 9.94. The van der Waals surface area contributed by atoms with Crippen molar-refractivity contribution in [2.24, 2.45) is 7.05 Å². The Morgan fingerprint density at radius 2 is 1.84 bits per heavy atom. The van der Waals surface area contributed by atoms with E-state index in [1.54, 1.807) is 16.6 Å². The molecule has 0 spiro atoms. The van der Waals surface area contributed by atoms with Gasteiger partial charge in [-0.3, -0.25) is 9.48 Å². The van der Waals surface area contributed by atoms with Crippen LogP contribution in [0, 0.1) is 17.5 Å². The third-order valence-electron chi connectivity index (χ3n) is 6.39. The Kier molecular flexibility index (Phi) is 5.04. The summed E-state index contributed by atoms with van der Waals surface area (Å²) in [5.74, 6) is -4.06. The van der Waals surface area contributed by atoms with Crippen LogP contribution in [-0.4, -0.2) is 33.7 Å². The van der Waals surface area contributed by atoms with E-state index in [1.807, 2.05) is 25.1 Å². The first-order valence-electron chi connectivity index (χ1n) is 10.6. The third kappa shape index (κ3) is 3.30. The van der Waals surface area contributed by atoms with E-state index >= 15 is 0 Å². The van der Waals surface area contributed by atoms with E-state index in [1.165, 1.54) is 0 Å². The molecule has 0 unspecified atom stereocenters. The maximum atomic E-state index is 13.8. The topological polar surface area (TPSA) is 47.4 Å². The van der Waals surface area contributed by atoms with Gasteiger partial charge in [-0.2, -0.15) is 5.10 Å². The Hall–Kier alpha value is -3.13. The summed E-state index contributed by atoms with van der Waals surface area (Å²) in [6.07, 6.45) is 1.26. The Morgan fingerprint density at radius 1 is 1.09 bits per heavy atom. The van der Waals surface area contributed by atoms with Crippen LogP contribution in [0.1, 0.15) is 45.7 Å². The number of aromatic nitrogens is 2. The van der Waals surface area contributed by atoms with E-state index in [2.05, 4.69) is 5.10 Å². The molecule has 0 bridgehead atoms. The molecule has 5 nitrogen and oxygen atoms in total. The second kappa shape index (κ2) is 7.78. The highest BCUT2D eigenvalue weighted by Crippen LogP contribution is 2.37. The second-order valence-electron chi connectivity index (χ2n) is 8.30. The van der Waals surface area contributed by atoms with Gasteiger partial charge in [-0.15, -0.1) is 0 Å². The van der Waals surface area contributed by atoms with E-state index < -0.39 is 17.5 Å². The number of carbonyl (C=O) groups excluding carboxylic acids is 1. The Morgan fingerprint density at radius 3 is 2.59 bits per heavy atom. The Bertz CT molecular complexity index is 1210. The zero-order valence-electron chi connectivity index (χ0n) is 17.8. The molecule has 0 saturated carbocycles. The summed E-state index contributed by atoms with van der Waals surface area (Å²) in [5, 5.41) is 4.55. The molecule has 5 rings (SSSR count). The summed E-state index contributed by atoms with van der Waals surface area (Å²) in [6.45, 7) is 3.55. The first-order valence-corrected chi connectivity index (χ1v) is 10.6. The average Bonchev–Trinajstić information content (AvgIpc) is 3.13.